The number of anilines is 1. The van der Waals surface area contributed by atoms with Crippen LogP contribution < -0.4 is 10.1 Å². The molecule has 0 fully saturated rings. The first-order chi connectivity index (χ1) is 13.1. The van der Waals surface area contributed by atoms with Gasteiger partial charge in [0.2, 0.25) is 0 Å². The first kappa shape index (κ1) is 20.6. The lowest BCUT2D eigenvalue weighted by atomic mass is 10.1. The number of halogens is 6. The molecule has 0 unspecified atom stereocenters. The SMILES string of the molecule is Cc1cc(Oc2c(F)cc(C(F)(F)F)cc2F)c(NC=C(C#N)C#N)cc1F. The number of benzene rings is 2. The van der Waals surface area contributed by atoms with Gasteiger partial charge in [-0.3, -0.25) is 0 Å². The van der Waals surface area contributed by atoms with Gasteiger partial charge in [0.15, 0.2) is 23.1 Å². The lowest BCUT2D eigenvalue weighted by molar-refractivity contribution is -0.138. The highest BCUT2D eigenvalue weighted by Gasteiger charge is 2.33. The number of hydrogen-bond donors (Lipinski definition) is 1. The summed E-state index contributed by atoms with van der Waals surface area (Å²) in [7, 11) is 0. The van der Waals surface area contributed by atoms with E-state index in [0.29, 0.717) is 0 Å². The molecule has 0 amide bonds. The zero-order chi connectivity index (χ0) is 21.1. The first-order valence-corrected chi connectivity index (χ1v) is 7.38. The van der Waals surface area contributed by atoms with E-state index in [2.05, 4.69) is 5.32 Å². The Labute approximate surface area is 154 Å². The average molecular weight is 397 g/mol. The van der Waals surface area contributed by atoms with Crippen molar-refractivity contribution in [2.75, 3.05) is 5.32 Å². The highest BCUT2D eigenvalue weighted by Crippen LogP contribution is 2.38. The zero-order valence-corrected chi connectivity index (χ0v) is 14.0. The Morgan fingerprint density at radius 3 is 2.07 bits per heavy atom. The van der Waals surface area contributed by atoms with Gasteiger partial charge in [0, 0.05) is 12.3 Å². The summed E-state index contributed by atoms with van der Waals surface area (Å²) in [6.45, 7) is 1.32. The maximum Gasteiger partial charge on any atom is 0.416 e. The van der Waals surface area contributed by atoms with Gasteiger partial charge < -0.3 is 10.1 Å². The van der Waals surface area contributed by atoms with E-state index in [4.69, 9.17) is 15.3 Å². The molecule has 10 heteroatoms. The minimum atomic E-state index is -4.96. The van der Waals surface area contributed by atoms with Gasteiger partial charge in [-0.2, -0.15) is 23.7 Å². The van der Waals surface area contributed by atoms with E-state index in [0.717, 1.165) is 18.3 Å². The van der Waals surface area contributed by atoms with Crippen molar-refractivity contribution in [1.82, 2.24) is 0 Å². The van der Waals surface area contributed by atoms with Crippen molar-refractivity contribution in [3.05, 3.63) is 64.6 Å². The van der Waals surface area contributed by atoms with Gasteiger partial charge in [0.25, 0.3) is 0 Å². The Kier molecular flexibility index (Phi) is 5.84. The summed E-state index contributed by atoms with van der Waals surface area (Å²) in [5.41, 5.74) is -2.14. The summed E-state index contributed by atoms with van der Waals surface area (Å²) in [6.07, 6.45) is -4.06. The topological polar surface area (TPSA) is 68.8 Å². The number of allylic oxidation sites excluding steroid dienone is 1. The maximum atomic E-state index is 14.0. The van der Waals surface area contributed by atoms with Crippen LogP contribution in [0.4, 0.5) is 32.0 Å². The summed E-state index contributed by atoms with van der Waals surface area (Å²) in [6, 6.07) is 5.10. The molecule has 0 aliphatic carbocycles. The van der Waals surface area contributed by atoms with Crippen LogP contribution in [0.3, 0.4) is 0 Å². The van der Waals surface area contributed by atoms with Crippen molar-refractivity contribution in [3.8, 4) is 23.6 Å². The molecular formula is C18H9F6N3O. The number of ether oxygens (including phenoxy) is 1. The molecular weight excluding hydrogens is 388 g/mol. The average Bonchev–Trinajstić information content (AvgIpc) is 2.61. The highest BCUT2D eigenvalue weighted by molar-refractivity contribution is 5.62. The first-order valence-electron chi connectivity index (χ1n) is 7.38. The second kappa shape index (κ2) is 7.92. The molecule has 144 valence electrons. The predicted molar refractivity (Wildman–Crippen MR) is 85.5 cm³/mol. The highest BCUT2D eigenvalue weighted by atomic mass is 19.4. The van der Waals surface area contributed by atoms with Crippen LogP contribution in [0.2, 0.25) is 0 Å². The molecule has 1 N–H and O–H groups in total. The van der Waals surface area contributed by atoms with Crippen molar-refractivity contribution >= 4 is 5.69 Å². The van der Waals surface area contributed by atoms with Gasteiger partial charge in [0.05, 0.1) is 11.3 Å². The predicted octanol–water partition coefficient (Wildman–Crippen LogP) is 5.57. The van der Waals surface area contributed by atoms with Gasteiger partial charge >= 0.3 is 6.18 Å². The molecule has 0 aliphatic heterocycles. The lowest BCUT2D eigenvalue weighted by Gasteiger charge is -2.15. The van der Waals surface area contributed by atoms with E-state index in [1.54, 1.807) is 0 Å². The summed E-state index contributed by atoms with van der Waals surface area (Å²) in [5.74, 6) is -5.46. The smallest absolute Gasteiger partial charge is 0.416 e. The van der Waals surface area contributed by atoms with E-state index < -0.39 is 34.9 Å². The molecule has 0 saturated heterocycles. The summed E-state index contributed by atoms with van der Waals surface area (Å²) < 4.78 is 84.7. The minimum Gasteiger partial charge on any atom is -0.449 e. The summed E-state index contributed by atoms with van der Waals surface area (Å²) in [5, 5.41) is 19.8. The van der Waals surface area contributed by atoms with E-state index in [1.165, 1.54) is 19.1 Å². The number of rotatable bonds is 4. The quantitative estimate of drug-likeness (QED) is 0.541. The third-order valence-corrected chi connectivity index (χ3v) is 3.41. The Hall–Kier alpha value is -3.66. The van der Waals surface area contributed by atoms with Gasteiger partial charge in [-0.15, -0.1) is 0 Å². The normalized spacial score (nSPS) is 10.6. The van der Waals surface area contributed by atoms with E-state index in [1.807, 2.05) is 0 Å². The fourth-order valence-electron chi connectivity index (χ4n) is 2.02. The molecule has 4 nitrogen and oxygen atoms in total. The number of nitrogens with one attached hydrogen (secondary N) is 1. The molecule has 2 aromatic carbocycles. The third-order valence-electron chi connectivity index (χ3n) is 3.41. The number of aryl methyl sites for hydroxylation is 1. The second-order valence-corrected chi connectivity index (χ2v) is 5.39. The van der Waals surface area contributed by atoms with Crippen LogP contribution in [0.5, 0.6) is 11.5 Å². The molecule has 2 aromatic rings. The molecule has 0 spiro atoms. The molecule has 2 rings (SSSR count). The molecule has 0 saturated carbocycles. The minimum absolute atomic E-state index is 0.0121. The van der Waals surface area contributed by atoms with Crippen molar-refractivity contribution in [2.45, 2.75) is 13.1 Å². The van der Waals surface area contributed by atoms with Crippen LogP contribution in [0.25, 0.3) is 0 Å². The molecule has 0 aromatic heterocycles. The fourth-order valence-corrected chi connectivity index (χ4v) is 2.02. The molecule has 0 bridgehead atoms. The molecule has 0 heterocycles. The largest absolute Gasteiger partial charge is 0.449 e. The number of hydrogen-bond acceptors (Lipinski definition) is 4. The van der Waals surface area contributed by atoms with Crippen LogP contribution in [-0.4, -0.2) is 0 Å². The Morgan fingerprint density at radius 1 is 1.00 bits per heavy atom. The van der Waals surface area contributed by atoms with Crippen LogP contribution >= 0.6 is 0 Å². The van der Waals surface area contributed by atoms with Crippen molar-refractivity contribution in [3.63, 3.8) is 0 Å². The van der Waals surface area contributed by atoms with Crippen LogP contribution in [0, 0.1) is 47.0 Å². The van der Waals surface area contributed by atoms with Crippen molar-refractivity contribution < 1.29 is 31.1 Å². The number of nitriles is 2. The van der Waals surface area contributed by atoms with Crippen molar-refractivity contribution in [2.24, 2.45) is 0 Å². The fraction of sp³-hybridized carbons (Fsp3) is 0.111. The molecule has 0 atom stereocenters. The zero-order valence-electron chi connectivity index (χ0n) is 14.0. The summed E-state index contributed by atoms with van der Waals surface area (Å²) in [4.78, 5) is 0. The van der Waals surface area contributed by atoms with Gasteiger partial charge in [-0.05, 0) is 30.7 Å². The van der Waals surface area contributed by atoms with E-state index >= 15 is 0 Å². The molecule has 0 aliphatic rings. The van der Waals surface area contributed by atoms with Gasteiger partial charge in [0.1, 0.15) is 23.5 Å². The standard InChI is InChI=1S/C18H9F6N3O/c1-9-2-16(15(5-12(9)19)27-8-10(6-25)7-26)28-17-13(20)3-11(4-14(17)21)18(22,23)24/h2-5,8,27H,1H3. The van der Waals surface area contributed by atoms with Crippen molar-refractivity contribution in [1.29, 1.82) is 10.5 Å². The van der Waals surface area contributed by atoms with E-state index in [9.17, 15) is 26.3 Å². The second-order valence-electron chi connectivity index (χ2n) is 5.39. The maximum absolute atomic E-state index is 14.0. The molecule has 28 heavy (non-hydrogen) atoms. The van der Waals surface area contributed by atoms with Crippen LogP contribution in [0.1, 0.15) is 11.1 Å². The number of alkyl halides is 3. The molecule has 0 radical (unpaired) electrons. The Morgan fingerprint density at radius 2 is 1.57 bits per heavy atom. The van der Waals surface area contributed by atoms with Crippen LogP contribution in [0.15, 0.2) is 36.0 Å². The van der Waals surface area contributed by atoms with Gasteiger partial charge in [-0.25, -0.2) is 13.2 Å². The lowest BCUT2D eigenvalue weighted by Crippen LogP contribution is -2.07. The monoisotopic (exact) mass is 397 g/mol. The van der Waals surface area contributed by atoms with Crippen LogP contribution in [-0.2, 0) is 6.18 Å². The summed E-state index contributed by atoms with van der Waals surface area (Å²) >= 11 is 0. The third kappa shape index (κ3) is 4.54. The van der Waals surface area contributed by atoms with Gasteiger partial charge in [-0.1, -0.05) is 0 Å². The Balaban J connectivity index is 2.49. The Bertz CT molecular complexity index is 992. The number of nitrogens with zero attached hydrogens (tertiary/aromatic N) is 2. The van der Waals surface area contributed by atoms with E-state index in [-0.39, 0.29) is 34.7 Å².